The first-order valence-corrected chi connectivity index (χ1v) is 5.26. The van der Waals surface area contributed by atoms with Gasteiger partial charge in [-0.2, -0.15) is 0 Å². The van der Waals surface area contributed by atoms with E-state index >= 15 is 0 Å². The Hall–Kier alpha value is -1.13. The SMILES string of the molecule is O=c1sccn1Cc1cccnc1Cl. The molecule has 0 atom stereocenters. The zero-order valence-electron chi connectivity index (χ0n) is 7.18. The number of rotatable bonds is 2. The molecular formula is C9H7ClN2OS. The minimum Gasteiger partial charge on any atom is -0.301 e. The lowest BCUT2D eigenvalue weighted by Crippen LogP contribution is -2.12. The molecule has 3 nitrogen and oxygen atoms in total. The van der Waals surface area contributed by atoms with Gasteiger partial charge in [-0.1, -0.05) is 29.0 Å². The van der Waals surface area contributed by atoms with E-state index in [0.717, 1.165) is 5.56 Å². The number of thiazole rings is 1. The van der Waals surface area contributed by atoms with Gasteiger partial charge >= 0.3 is 4.87 Å². The van der Waals surface area contributed by atoms with Crippen LogP contribution >= 0.6 is 22.9 Å². The molecule has 2 rings (SSSR count). The Kier molecular flexibility index (Phi) is 2.65. The normalized spacial score (nSPS) is 10.4. The summed E-state index contributed by atoms with van der Waals surface area (Å²) in [6.07, 6.45) is 3.37. The summed E-state index contributed by atoms with van der Waals surface area (Å²) in [4.78, 5) is 15.2. The highest BCUT2D eigenvalue weighted by atomic mass is 35.5. The molecule has 0 spiro atoms. The lowest BCUT2D eigenvalue weighted by atomic mass is 10.3. The summed E-state index contributed by atoms with van der Waals surface area (Å²) in [6, 6.07) is 3.66. The van der Waals surface area contributed by atoms with E-state index in [1.54, 1.807) is 28.4 Å². The average molecular weight is 227 g/mol. The van der Waals surface area contributed by atoms with Crippen LogP contribution in [-0.4, -0.2) is 9.55 Å². The van der Waals surface area contributed by atoms with Gasteiger partial charge in [-0.15, -0.1) is 0 Å². The van der Waals surface area contributed by atoms with Crippen molar-refractivity contribution in [2.75, 3.05) is 0 Å². The highest BCUT2D eigenvalue weighted by molar-refractivity contribution is 7.07. The number of pyridine rings is 1. The van der Waals surface area contributed by atoms with Gasteiger partial charge in [0.2, 0.25) is 0 Å². The van der Waals surface area contributed by atoms with E-state index < -0.39 is 0 Å². The van der Waals surface area contributed by atoms with Crippen molar-refractivity contribution in [2.24, 2.45) is 0 Å². The zero-order valence-corrected chi connectivity index (χ0v) is 8.76. The van der Waals surface area contributed by atoms with Gasteiger partial charge < -0.3 is 4.57 Å². The molecule has 14 heavy (non-hydrogen) atoms. The van der Waals surface area contributed by atoms with E-state index in [0.29, 0.717) is 11.7 Å². The van der Waals surface area contributed by atoms with Crippen LogP contribution in [0.25, 0.3) is 0 Å². The van der Waals surface area contributed by atoms with E-state index in [9.17, 15) is 4.79 Å². The fraction of sp³-hybridized carbons (Fsp3) is 0.111. The van der Waals surface area contributed by atoms with Gasteiger partial charge in [-0.3, -0.25) is 4.79 Å². The third kappa shape index (κ3) is 1.86. The molecule has 0 radical (unpaired) electrons. The third-order valence-electron chi connectivity index (χ3n) is 1.82. The minimum atomic E-state index is 0.0184. The van der Waals surface area contributed by atoms with Crippen molar-refractivity contribution < 1.29 is 0 Å². The predicted molar refractivity (Wildman–Crippen MR) is 56.9 cm³/mol. The highest BCUT2D eigenvalue weighted by Gasteiger charge is 2.02. The molecule has 2 aromatic heterocycles. The van der Waals surface area contributed by atoms with Crippen molar-refractivity contribution in [3.63, 3.8) is 0 Å². The maximum absolute atomic E-state index is 11.3. The van der Waals surface area contributed by atoms with Gasteiger partial charge in [-0.25, -0.2) is 4.98 Å². The number of hydrogen-bond donors (Lipinski definition) is 0. The van der Waals surface area contributed by atoms with Crippen molar-refractivity contribution in [1.82, 2.24) is 9.55 Å². The Labute approximate surface area is 89.6 Å². The Morgan fingerprint density at radius 1 is 1.57 bits per heavy atom. The van der Waals surface area contributed by atoms with Gasteiger partial charge in [0.15, 0.2) is 0 Å². The first-order chi connectivity index (χ1) is 6.77. The van der Waals surface area contributed by atoms with Gasteiger partial charge in [0.05, 0.1) is 6.54 Å². The van der Waals surface area contributed by atoms with Gasteiger partial charge in [0.1, 0.15) is 5.15 Å². The van der Waals surface area contributed by atoms with E-state index in [1.165, 1.54) is 11.3 Å². The molecule has 0 saturated heterocycles. The highest BCUT2D eigenvalue weighted by Crippen LogP contribution is 2.12. The molecule has 5 heteroatoms. The molecule has 0 bridgehead atoms. The summed E-state index contributed by atoms with van der Waals surface area (Å²) >= 11 is 7.04. The molecule has 2 heterocycles. The van der Waals surface area contributed by atoms with Crippen LogP contribution in [-0.2, 0) is 6.54 Å². The summed E-state index contributed by atoms with van der Waals surface area (Å²) in [5, 5.41) is 2.21. The monoisotopic (exact) mass is 226 g/mol. The quantitative estimate of drug-likeness (QED) is 0.735. The molecule has 0 aromatic carbocycles. The standard InChI is InChI=1S/C9H7ClN2OS/c10-8-7(2-1-3-11-8)6-12-4-5-14-9(12)13/h1-5H,6H2. The number of hydrogen-bond acceptors (Lipinski definition) is 3. The maximum Gasteiger partial charge on any atom is 0.307 e. The van der Waals surface area contributed by atoms with Crippen LogP contribution in [0.15, 0.2) is 34.7 Å². The van der Waals surface area contributed by atoms with Crippen molar-refractivity contribution >= 4 is 22.9 Å². The number of halogens is 1. The molecule has 0 amide bonds. The van der Waals surface area contributed by atoms with Crippen molar-refractivity contribution in [3.05, 3.63) is 50.3 Å². The molecule has 0 N–H and O–H groups in total. The summed E-state index contributed by atoms with van der Waals surface area (Å²) in [5.41, 5.74) is 0.856. The van der Waals surface area contributed by atoms with Crippen LogP contribution in [0.5, 0.6) is 0 Å². The number of aromatic nitrogens is 2. The molecule has 2 aromatic rings. The average Bonchev–Trinajstić information content (AvgIpc) is 2.56. The summed E-state index contributed by atoms with van der Waals surface area (Å²) in [7, 11) is 0. The lowest BCUT2D eigenvalue weighted by Gasteiger charge is -2.02. The fourth-order valence-corrected chi connectivity index (χ4v) is 1.89. The minimum absolute atomic E-state index is 0.0184. The second-order valence-electron chi connectivity index (χ2n) is 2.75. The van der Waals surface area contributed by atoms with Crippen LogP contribution in [0, 0.1) is 0 Å². The fourth-order valence-electron chi connectivity index (χ4n) is 1.13. The van der Waals surface area contributed by atoms with Gasteiger partial charge in [0.25, 0.3) is 0 Å². The van der Waals surface area contributed by atoms with Crippen molar-refractivity contribution in [2.45, 2.75) is 6.54 Å². The summed E-state index contributed by atoms with van der Waals surface area (Å²) < 4.78 is 1.60. The van der Waals surface area contributed by atoms with Crippen LogP contribution in [0.4, 0.5) is 0 Å². The summed E-state index contributed by atoms with van der Waals surface area (Å²) in [5.74, 6) is 0. The molecule has 0 unspecified atom stereocenters. The summed E-state index contributed by atoms with van der Waals surface area (Å²) in [6.45, 7) is 0.481. The molecule has 0 aliphatic carbocycles. The van der Waals surface area contributed by atoms with Crippen LogP contribution in [0.2, 0.25) is 5.15 Å². The largest absolute Gasteiger partial charge is 0.307 e. The Morgan fingerprint density at radius 2 is 2.43 bits per heavy atom. The molecule has 0 saturated carbocycles. The first kappa shape index (κ1) is 9.43. The Morgan fingerprint density at radius 3 is 3.07 bits per heavy atom. The van der Waals surface area contributed by atoms with E-state index in [-0.39, 0.29) is 4.87 Å². The Bertz CT molecular complexity index is 491. The van der Waals surface area contributed by atoms with Crippen LogP contribution in [0.3, 0.4) is 0 Å². The molecular weight excluding hydrogens is 220 g/mol. The van der Waals surface area contributed by atoms with Crippen molar-refractivity contribution in [3.8, 4) is 0 Å². The number of nitrogens with zero attached hydrogens (tertiary/aromatic N) is 2. The van der Waals surface area contributed by atoms with Crippen LogP contribution < -0.4 is 4.87 Å². The van der Waals surface area contributed by atoms with E-state index in [2.05, 4.69) is 4.98 Å². The molecule has 72 valence electrons. The second kappa shape index (κ2) is 3.94. The second-order valence-corrected chi connectivity index (χ2v) is 3.97. The molecule has 0 aliphatic heterocycles. The molecule has 0 aliphatic rings. The van der Waals surface area contributed by atoms with E-state index in [1.807, 2.05) is 6.07 Å². The first-order valence-electron chi connectivity index (χ1n) is 4.01. The zero-order chi connectivity index (χ0) is 9.97. The lowest BCUT2D eigenvalue weighted by molar-refractivity contribution is 0.780. The third-order valence-corrected chi connectivity index (χ3v) is 2.86. The van der Waals surface area contributed by atoms with Gasteiger partial charge in [0, 0.05) is 23.3 Å². The molecule has 0 fully saturated rings. The predicted octanol–water partition coefficient (Wildman–Crippen LogP) is 2.01. The van der Waals surface area contributed by atoms with Gasteiger partial charge in [-0.05, 0) is 6.07 Å². The van der Waals surface area contributed by atoms with E-state index in [4.69, 9.17) is 11.6 Å². The van der Waals surface area contributed by atoms with Crippen LogP contribution in [0.1, 0.15) is 5.56 Å². The smallest absolute Gasteiger partial charge is 0.301 e. The Balaban J connectivity index is 2.32. The topological polar surface area (TPSA) is 34.9 Å². The maximum atomic E-state index is 11.3. The van der Waals surface area contributed by atoms with Crippen molar-refractivity contribution in [1.29, 1.82) is 0 Å².